The van der Waals surface area contributed by atoms with Crippen molar-refractivity contribution in [3.8, 4) is 0 Å². The quantitative estimate of drug-likeness (QED) is 0.731. The van der Waals surface area contributed by atoms with E-state index in [4.69, 9.17) is 23.2 Å². The second-order valence-electron chi connectivity index (χ2n) is 5.04. The number of aromatic nitrogens is 1. The summed E-state index contributed by atoms with van der Waals surface area (Å²) in [5.74, 6) is -0.0875. The van der Waals surface area contributed by atoms with Crippen LogP contribution >= 0.6 is 23.2 Å². The Morgan fingerprint density at radius 3 is 2.57 bits per heavy atom. The standard InChI is InChI=1S/C16H14Cl2N2O/c17-14-9-12(10-15(18)19-14)16(21)20-8-4-3-6-11-5-1-2-7-13(11)20/h1-2,5,7,9-10H,3-4,6,8H2. The molecule has 0 unspecified atom stereocenters. The molecule has 2 aromatic rings. The number of carbonyl (C=O) groups is 1. The van der Waals surface area contributed by atoms with E-state index in [9.17, 15) is 4.79 Å². The molecule has 1 amide bonds. The van der Waals surface area contributed by atoms with Crippen LogP contribution < -0.4 is 4.90 Å². The molecule has 3 nitrogen and oxygen atoms in total. The number of anilines is 1. The Bertz CT molecular complexity index is 667. The second kappa shape index (κ2) is 6.04. The minimum atomic E-state index is -0.0875. The van der Waals surface area contributed by atoms with Gasteiger partial charge in [0.05, 0.1) is 0 Å². The zero-order chi connectivity index (χ0) is 14.8. The van der Waals surface area contributed by atoms with E-state index in [0.717, 1.165) is 24.9 Å². The minimum Gasteiger partial charge on any atom is -0.308 e. The summed E-state index contributed by atoms with van der Waals surface area (Å²) in [6.45, 7) is 0.702. The first-order chi connectivity index (χ1) is 10.1. The molecule has 21 heavy (non-hydrogen) atoms. The van der Waals surface area contributed by atoms with E-state index in [1.165, 1.54) is 5.56 Å². The number of nitrogens with zero attached hydrogens (tertiary/aromatic N) is 2. The van der Waals surface area contributed by atoms with Gasteiger partial charge in [-0.2, -0.15) is 0 Å². The van der Waals surface area contributed by atoms with Gasteiger partial charge in [0.15, 0.2) is 0 Å². The highest BCUT2D eigenvalue weighted by Crippen LogP contribution is 2.28. The van der Waals surface area contributed by atoms with Gasteiger partial charge in [0.25, 0.3) is 5.91 Å². The summed E-state index contributed by atoms with van der Waals surface area (Å²) in [6.07, 6.45) is 3.06. The zero-order valence-electron chi connectivity index (χ0n) is 11.4. The maximum absolute atomic E-state index is 12.8. The molecule has 0 N–H and O–H groups in total. The first-order valence-corrected chi connectivity index (χ1v) is 7.63. The van der Waals surface area contributed by atoms with Crippen molar-refractivity contribution in [1.82, 2.24) is 4.98 Å². The highest BCUT2D eigenvalue weighted by molar-refractivity contribution is 6.33. The smallest absolute Gasteiger partial charge is 0.258 e. The number of hydrogen-bond donors (Lipinski definition) is 0. The second-order valence-corrected chi connectivity index (χ2v) is 5.82. The van der Waals surface area contributed by atoms with Crippen molar-refractivity contribution in [1.29, 1.82) is 0 Å². The van der Waals surface area contributed by atoms with Gasteiger partial charge in [-0.1, -0.05) is 41.4 Å². The molecule has 0 aliphatic carbocycles. The van der Waals surface area contributed by atoms with Gasteiger partial charge in [0.2, 0.25) is 0 Å². The molecule has 0 bridgehead atoms. The van der Waals surface area contributed by atoms with E-state index < -0.39 is 0 Å². The third-order valence-electron chi connectivity index (χ3n) is 3.62. The first-order valence-electron chi connectivity index (χ1n) is 6.88. The van der Waals surface area contributed by atoms with Crippen molar-refractivity contribution >= 4 is 34.8 Å². The highest BCUT2D eigenvalue weighted by atomic mass is 35.5. The number of aryl methyl sites for hydroxylation is 1. The summed E-state index contributed by atoms with van der Waals surface area (Å²) in [7, 11) is 0. The van der Waals surface area contributed by atoms with Gasteiger partial charge in [-0.25, -0.2) is 4.98 Å². The van der Waals surface area contributed by atoms with Gasteiger partial charge in [0, 0.05) is 17.8 Å². The largest absolute Gasteiger partial charge is 0.308 e. The van der Waals surface area contributed by atoms with Crippen molar-refractivity contribution in [2.24, 2.45) is 0 Å². The number of amides is 1. The summed E-state index contributed by atoms with van der Waals surface area (Å²) >= 11 is 11.8. The summed E-state index contributed by atoms with van der Waals surface area (Å²) < 4.78 is 0. The summed E-state index contributed by atoms with van der Waals surface area (Å²) in [6, 6.07) is 11.1. The van der Waals surface area contributed by atoms with Crippen molar-refractivity contribution in [2.45, 2.75) is 19.3 Å². The van der Waals surface area contributed by atoms with Gasteiger partial charge in [-0.05, 0) is 43.0 Å². The molecule has 3 rings (SSSR count). The van der Waals surface area contributed by atoms with Crippen molar-refractivity contribution in [2.75, 3.05) is 11.4 Å². The number of benzene rings is 1. The molecule has 2 heterocycles. The molecule has 0 radical (unpaired) electrons. The Balaban J connectivity index is 2.01. The van der Waals surface area contributed by atoms with Crippen LogP contribution in [0.2, 0.25) is 10.3 Å². The Labute approximate surface area is 133 Å². The van der Waals surface area contributed by atoms with E-state index in [1.54, 1.807) is 12.1 Å². The fourth-order valence-electron chi connectivity index (χ4n) is 2.65. The van der Waals surface area contributed by atoms with E-state index >= 15 is 0 Å². The number of halogens is 2. The third-order valence-corrected chi connectivity index (χ3v) is 4.00. The van der Waals surface area contributed by atoms with Crippen LogP contribution in [0.1, 0.15) is 28.8 Å². The molecule has 1 aliphatic rings. The van der Waals surface area contributed by atoms with Crippen molar-refractivity contribution < 1.29 is 4.79 Å². The molecular weight excluding hydrogens is 307 g/mol. The topological polar surface area (TPSA) is 33.2 Å². The fourth-order valence-corrected chi connectivity index (χ4v) is 3.11. The monoisotopic (exact) mass is 320 g/mol. The van der Waals surface area contributed by atoms with Gasteiger partial charge >= 0.3 is 0 Å². The van der Waals surface area contributed by atoms with Gasteiger partial charge in [0.1, 0.15) is 10.3 Å². The lowest BCUT2D eigenvalue weighted by atomic mass is 10.1. The Kier molecular flexibility index (Phi) is 4.13. The molecule has 108 valence electrons. The molecule has 0 spiro atoms. The number of para-hydroxylation sites is 1. The number of carbonyl (C=O) groups excluding carboxylic acids is 1. The average molecular weight is 321 g/mol. The first kappa shape index (κ1) is 14.4. The molecule has 1 aromatic heterocycles. The fraction of sp³-hybridized carbons (Fsp3) is 0.250. The van der Waals surface area contributed by atoms with Crippen LogP contribution in [0.25, 0.3) is 0 Å². The molecule has 1 aliphatic heterocycles. The molecule has 0 saturated carbocycles. The number of fused-ring (bicyclic) bond motifs is 1. The van der Waals surface area contributed by atoms with Crippen molar-refractivity contribution in [3.63, 3.8) is 0 Å². The Hall–Kier alpha value is -1.58. The van der Waals surface area contributed by atoms with Crippen LogP contribution in [-0.4, -0.2) is 17.4 Å². The maximum atomic E-state index is 12.8. The number of pyridine rings is 1. The summed E-state index contributed by atoms with van der Waals surface area (Å²) in [4.78, 5) is 18.5. The molecule has 0 atom stereocenters. The van der Waals surface area contributed by atoms with E-state index in [-0.39, 0.29) is 16.2 Å². The maximum Gasteiger partial charge on any atom is 0.258 e. The van der Waals surface area contributed by atoms with E-state index in [1.807, 2.05) is 23.1 Å². The number of hydrogen-bond acceptors (Lipinski definition) is 2. The lowest BCUT2D eigenvalue weighted by molar-refractivity contribution is 0.0987. The van der Waals surface area contributed by atoms with Gasteiger partial charge in [-0.3, -0.25) is 4.79 Å². The highest BCUT2D eigenvalue weighted by Gasteiger charge is 2.22. The molecule has 0 fully saturated rings. The SMILES string of the molecule is O=C(c1cc(Cl)nc(Cl)c1)N1CCCCc2ccccc21. The third kappa shape index (κ3) is 3.04. The number of rotatable bonds is 1. The minimum absolute atomic E-state index is 0.0875. The Morgan fingerprint density at radius 1 is 1.10 bits per heavy atom. The van der Waals surface area contributed by atoms with Crippen molar-refractivity contribution in [3.05, 3.63) is 57.8 Å². The van der Waals surface area contributed by atoms with Crippen LogP contribution in [0.3, 0.4) is 0 Å². The van der Waals surface area contributed by atoms with Crippen LogP contribution in [-0.2, 0) is 6.42 Å². The van der Waals surface area contributed by atoms with E-state index in [2.05, 4.69) is 11.1 Å². The summed E-state index contributed by atoms with van der Waals surface area (Å²) in [5, 5.41) is 0.461. The lowest BCUT2D eigenvalue weighted by Gasteiger charge is -2.23. The predicted octanol–water partition coefficient (Wildman–Crippen LogP) is 4.37. The van der Waals surface area contributed by atoms with Crippen LogP contribution in [0.4, 0.5) is 5.69 Å². The van der Waals surface area contributed by atoms with Crippen LogP contribution in [0.5, 0.6) is 0 Å². The average Bonchev–Trinajstić information content (AvgIpc) is 2.68. The molecular formula is C16H14Cl2N2O. The Morgan fingerprint density at radius 2 is 1.81 bits per heavy atom. The zero-order valence-corrected chi connectivity index (χ0v) is 12.9. The molecule has 1 aromatic carbocycles. The van der Waals surface area contributed by atoms with Crippen LogP contribution in [0.15, 0.2) is 36.4 Å². The van der Waals surface area contributed by atoms with Crippen LogP contribution in [0, 0.1) is 0 Å². The molecule has 5 heteroatoms. The van der Waals surface area contributed by atoms with Gasteiger partial charge in [-0.15, -0.1) is 0 Å². The lowest BCUT2D eigenvalue weighted by Crippen LogP contribution is -2.31. The molecule has 0 saturated heterocycles. The predicted molar refractivity (Wildman–Crippen MR) is 85.3 cm³/mol. The normalized spacial score (nSPS) is 14.5. The summed E-state index contributed by atoms with van der Waals surface area (Å²) in [5.41, 5.74) is 2.65. The van der Waals surface area contributed by atoms with E-state index in [0.29, 0.717) is 12.1 Å². The van der Waals surface area contributed by atoms with Gasteiger partial charge < -0.3 is 4.90 Å².